The zero-order valence-corrected chi connectivity index (χ0v) is 17.8. The number of anilines is 1. The molecule has 7 heteroatoms. The molecule has 7 nitrogen and oxygen atoms in total. The summed E-state index contributed by atoms with van der Waals surface area (Å²) in [7, 11) is 0. The molecule has 1 aliphatic rings. The fourth-order valence-electron chi connectivity index (χ4n) is 3.72. The lowest BCUT2D eigenvalue weighted by Gasteiger charge is -2.34. The van der Waals surface area contributed by atoms with Gasteiger partial charge in [0.05, 0.1) is 18.8 Å². The SMILES string of the molecule is CCC[C@@](C)(CCCNC(=O)Nc1cc(C#N)cn1C(C)(C)C)C1OCCO1. The minimum atomic E-state index is -0.265. The summed E-state index contributed by atoms with van der Waals surface area (Å²) in [4.78, 5) is 12.3. The lowest BCUT2D eigenvalue weighted by molar-refractivity contribution is -0.133. The van der Waals surface area contributed by atoms with Gasteiger partial charge < -0.3 is 19.4 Å². The van der Waals surface area contributed by atoms with Crippen LogP contribution in [-0.2, 0) is 15.0 Å². The Kier molecular flexibility index (Phi) is 7.50. The zero-order chi connectivity index (χ0) is 20.8. The largest absolute Gasteiger partial charge is 0.350 e. The number of ether oxygens (including phenoxy) is 2. The van der Waals surface area contributed by atoms with Crippen molar-refractivity contribution < 1.29 is 14.3 Å². The summed E-state index contributed by atoms with van der Waals surface area (Å²) < 4.78 is 13.4. The highest BCUT2D eigenvalue weighted by atomic mass is 16.7. The van der Waals surface area contributed by atoms with Crippen LogP contribution in [0.5, 0.6) is 0 Å². The van der Waals surface area contributed by atoms with Crippen LogP contribution < -0.4 is 10.6 Å². The van der Waals surface area contributed by atoms with E-state index in [4.69, 9.17) is 14.7 Å². The summed E-state index contributed by atoms with van der Waals surface area (Å²) in [6, 6.07) is 3.55. The molecule has 2 heterocycles. The van der Waals surface area contributed by atoms with Crippen LogP contribution in [0.1, 0.15) is 65.9 Å². The molecular weight excluding hydrogens is 356 g/mol. The number of nitrogens with zero attached hydrogens (tertiary/aromatic N) is 2. The number of nitrogens with one attached hydrogen (secondary N) is 2. The molecular formula is C21H34N4O3. The Morgan fingerprint density at radius 3 is 2.54 bits per heavy atom. The smallest absolute Gasteiger partial charge is 0.320 e. The average Bonchev–Trinajstić information content (AvgIpc) is 3.28. The minimum Gasteiger partial charge on any atom is -0.350 e. The highest BCUT2D eigenvalue weighted by Gasteiger charge is 2.37. The summed E-state index contributed by atoms with van der Waals surface area (Å²) in [5.41, 5.74) is 0.254. The fourth-order valence-corrected chi connectivity index (χ4v) is 3.72. The van der Waals surface area contributed by atoms with Gasteiger partial charge in [-0.15, -0.1) is 0 Å². The first kappa shape index (κ1) is 22.3. The Labute approximate surface area is 168 Å². The maximum atomic E-state index is 12.3. The number of rotatable bonds is 8. The Morgan fingerprint density at radius 1 is 1.29 bits per heavy atom. The third-order valence-corrected chi connectivity index (χ3v) is 5.14. The molecule has 1 aromatic rings. The molecule has 0 unspecified atom stereocenters. The van der Waals surface area contributed by atoms with Gasteiger partial charge >= 0.3 is 6.03 Å². The molecule has 0 radical (unpaired) electrons. The third kappa shape index (κ3) is 5.73. The molecule has 0 saturated carbocycles. The van der Waals surface area contributed by atoms with Crippen molar-refractivity contribution in [2.24, 2.45) is 5.41 Å². The van der Waals surface area contributed by atoms with E-state index in [9.17, 15) is 4.79 Å². The van der Waals surface area contributed by atoms with Crippen molar-refractivity contribution in [3.05, 3.63) is 17.8 Å². The van der Waals surface area contributed by atoms with E-state index in [1.165, 1.54) is 0 Å². The lowest BCUT2D eigenvalue weighted by Crippen LogP contribution is -2.36. The van der Waals surface area contributed by atoms with Crippen LogP contribution in [0.25, 0.3) is 0 Å². The summed E-state index contributed by atoms with van der Waals surface area (Å²) in [6.45, 7) is 12.3. The van der Waals surface area contributed by atoms with Crippen molar-refractivity contribution in [2.45, 2.75) is 72.1 Å². The van der Waals surface area contributed by atoms with E-state index in [2.05, 4.69) is 30.6 Å². The summed E-state index contributed by atoms with van der Waals surface area (Å²) in [6.07, 6.45) is 5.46. The summed E-state index contributed by atoms with van der Waals surface area (Å²) in [5.74, 6) is 0.616. The first-order valence-corrected chi connectivity index (χ1v) is 10.1. The number of hydrogen-bond donors (Lipinski definition) is 2. The van der Waals surface area contributed by atoms with E-state index in [1.54, 1.807) is 12.3 Å². The first-order valence-electron chi connectivity index (χ1n) is 10.1. The standard InChI is InChI=1S/C21H34N4O3/c1-6-8-21(5,18-27-11-12-28-18)9-7-10-23-19(26)24-17-13-16(14-22)15-25(17)20(2,3)4/h13,15,18H,6-12H2,1-5H3,(H2,23,24,26)/t21-/m0/s1. The number of amides is 2. The second-order valence-corrected chi connectivity index (χ2v) is 8.73. The molecule has 1 saturated heterocycles. The summed E-state index contributed by atoms with van der Waals surface area (Å²) >= 11 is 0. The molecule has 2 amide bonds. The van der Waals surface area contributed by atoms with Crippen molar-refractivity contribution in [1.82, 2.24) is 9.88 Å². The van der Waals surface area contributed by atoms with Crippen LogP contribution in [-0.4, -0.2) is 36.6 Å². The topological polar surface area (TPSA) is 88.3 Å². The highest BCUT2D eigenvalue weighted by molar-refractivity contribution is 5.88. The van der Waals surface area contributed by atoms with Crippen LogP contribution in [0, 0.1) is 16.7 Å². The van der Waals surface area contributed by atoms with Crippen LogP contribution in [0.3, 0.4) is 0 Å². The predicted molar refractivity (Wildman–Crippen MR) is 109 cm³/mol. The minimum absolute atomic E-state index is 0.0357. The molecule has 28 heavy (non-hydrogen) atoms. The van der Waals surface area contributed by atoms with E-state index in [1.807, 2.05) is 25.3 Å². The van der Waals surface area contributed by atoms with Crippen LogP contribution >= 0.6 is 0 Å². The molecule has 0 bridgehead atoms. The van der Waals surface area contributed by atoms with Gasteiger partial charge in [0.15, 0.2) is 6.29 Å². The van der Waals surface area contributed by atoms with E-state index in [-0.39, 0.29) is 23.3 Å². The molecule has 1 atom stereocenters. The predicted octanol–water partition coefficient (Wildman–Crippen LogP) is 4.20. The second kappa shape index (κ2) is 9.44. The first-order chi connectivity index (χ1) is 13.2. The normalized spacial score (nSPS) is 17.1. The maximum Gasteiger partial charge on any atom is 0.320 e. The fraction of sp³-hybridized carbons (Fsp3) is 0.714. The highest BCUT2D eigenvalue weighted by Crippen LogP contribution is 2.37. The van der Waals surface area contributed by atoms with Crippen molar-refractivity contribution in [1.29, 1.82) is 5.26 Å². The van der Waals surface area contributed by atoms with Gasteiger partial charge in [-0.05, 0) is 46.1 Å². The van der Waals surface area contributed by atoms with Gasteiger partial charge in [-0.2, -0.15) is 5.26 Å². The molecule has 2 N–H and O–H groups in total. The third-order valence-electron chi connectivity index (χ3n) is 5.14. The van der Waals surface area contributed by atoms with E-state index in [0.717, 1.165) is 25.7 Å². The Morgan fingerprint density at radius 2 is 1.96 bits per heavy atom. The zero-order valence-electron chi connectivity index (χ0n) is 17.8. The van der Waals surface area contributed by atoms with Crippen LogP contribution in [0.2, 0.25) is 0 Å². The number of carbonyl (C=O) groups excluding carboxylic acids is 1. The van der Waals surface area contributed by atoms with E-state index >= 15 is 0 Å². The van der Waals surface area contributed by atoms with Gasteiger partial charge in [0.2, 0.25) is 0 Å². The van der Waals surface area contributed by atoms with Crippen molar-refractivity contribution >= 4 is 11.8 Å². The molecule has 0 spiro atoms. The average molecular weight is 391 g/mol. The Hall–Kier alpha value is -2.04. The number of nitriles is 1. The van der Waals surface area contributed by atoms with Crippen LogP contribution in [0.15, 0.2) is 12.3 Å². The molecule has 156 valence electrons. The van der Waals surface area contributed by atoms with Crippen LogP contribution in [0.4, 0.5) is 10.6 Å². The van der Waals surface area contributed by atoms with Gasteiger partial charge in [0, 0.05) is 23.7 Å². The molecule has 1 fully saturated rings. The van der Waals surface area contributed by atoms with Crippen molar-refractivity contribution in [3.8, 4) is 6.07 Å². The molecule has 2 rings (SSSR count). The molecule has 1 aromatic heterocycles. The van der Waals surface area contributed by atoms with E-state index < -0.39 is 0 Å². The quantitative estimate of drug-likeness (QED) is 0.651. The van der Waals surface area contributed by atoms with Gasteiger partial charge in [-0.1, -0.05) is 20.3 Å². The second-order valence-electron chi connectivity index (χ2n) is 8.73. The Bertz CT molecular complexity index is 695. The van der Waals surface area contributed by atoms with Crippen molar-refractivity contribution in [3.63, 3.8) is 0 Å². The van der Waals surface area contributed by atoms with Gasteiger partial charge in [-0.3, -0.25) is 5.32 Å². The van der Waals surface area contributed by atoms with Gasteiger partial charge in [0.1, 0.15) is 11.9 Å². The maximum absolute atomic E-state index is 12.3. The van der Waals surface area contributed by atoms with Gasteiger partial charge in [0.25, 0.3) is 0 Å². The molecule has 0 aliphatic carbocycles. The van der Waals surface area contributed by atoms with E-state index in [0.29, 0.717) is 31.1 Å². The number of hydrogen-bond acceptors (Lipinski definition) is 4. The molecule has 0 aromatic carbocycles. The molecule has 1 aliphatic heterocycles. The van der Waals surface area contributed by atoms with Crippen molar-refractivity contribution in [2.75, 3.05) is 25.1 Å². The number of aromatic nitrogens is 1. The van der Waals surface area contributed by atoms with Gasteiger partial charge in [-0.25, -0.2) is 4.79 Å². The lowest BCUT2D eigenvalue weighted by atomic mass is 9.80. The number of carbonyl (C=O) groups is 1. The summed E-state index contributed by atoms with van der Waals surface area (Å²) in [5, 5.41) is 14.9. The Balaban J connectivity index is 1.86. The number of urea groups is 1. The monoisotopic (exact) mass is 390 g/mol.